The van der Waals surface area contributed by atoms with Gasteiger partial charge in [0.25, 0.3) is 0 Å². The number of hydrogen-bond donors (Lipinski definition) is 3. The molecule has 0 unspecified atom stereocenters. The number of rotatable bonds is 51. The van der Waals surface area contributed by atoms with Crippen LogP contribution in [0.5, 0.6) is 0 Å². The summed E-state index contributed by atoms with van der Waals surface area (Å²) in [6.07, 6.45) is 72.5. The van der Waals surface area contributed by atoms with E-state index in [4.69, 9.17) is 15.3 Å². The van der Waals surface area contributed by atoms with Gasteiger partial charge in [0.2, 0.25) is 0 Å². The van der Waals surface area contributed by atoms with Crippen LogP contribution in [-0.4, -0.2) is 33.2 Å². The normalized spacial score (nSPS) is 11.1. The van der Waals surface area contributed by atoms with Crippen LogP contribution in [0.3, 0.4) is 0 Å². The molecular weight excluding hydrogens is 958 g/mol. The summed E-state index contributed by atoms with van der Waals surface area (Å²) in [5.41, 5.74) is 0. The maximum atomic E-state index is 10.4. The summed E-state index contributed by atoms with van der Waals surface area (Å²) in [4.78, 5) is 31.1. The molecule has 0 aliphatic heterocycles. The number of carboxylic acids is 3. The molecule has 0 heterocycles. The van der Waals surface area contributed by atoms with Crippen LogP contribution in [0.2, 0.25) is 0 Å². The van der Waals surface area contributed by atoms with Crippen molar-refractivity contribution < 1.29 is 71.0 Å². The second-order valence-electron chi connectivity index (χ2n) is 19.3. The predicted octanol–water partition coefficient (Wildman–Crippen LogP) is 20.7. The quantitative estimate of drug-likeness (QED) is 0.0413. The average molecular weight is 1070 g/mol. The number of hydrogen-bond acceptors (Lipinski definition) is 3. The van der Waals surface area contributed by atoms with Gasteiger partial charge in [-0.25, -0.2) is 0 Å². The number of carboxylic acid groups (broad SMARTS) is 3. The monoisotopic (exact) mass is 1070 g/mol. The minimum Gasteiger partial charge on any atom is -0.481 e. The van der Waals surface area contributed by atoms with Crippen molar-refractivity contribution in [2.45, 2.75) is 329 Å². The van der Waals surface area contributed by atoms with E-state index in [-0.39, 0.29) is 41.3 Å². The fourth-order valence-electron chi connectivity index (χ4n) is 8.10. The first-order chi connectivity index (χ1) is 32.3. The molecule has 0 aromatic carbocycles. The van der Waals surface area contributed by atoms with Gasteiger partial charge in [-0.05, 0) is 96.3 Å². The Morgan fingerprint density at radius 2 is 0.373 bits per heavy atom. The third-order valence-corrected chi connectivity index (χ3v) is 12.5. The Hall–Kier alpha value is -1.01. The number of unbranched alkanes of at least 4 members (excludes halogenated alkanes) is 39. The van der Waals surface area contributed by atoms with Crippen LogP contribution in [0.25, 0.3) is 0 Å². The van der Waals surface area contributed by atoms with Crippen molar-refractivity contribution in [2.75, 3.05) is 0 Å². The average Bonchev–Trinajstić information content (AvgIpc) is 3.29. The molecule has 3 N–H and O–H groups in total. The first kappa shape index (κ1) is 72.5. The molecule has 0 fully saturated rings. The third-order valence-electron chi connectivity index (χ3n) is 12.5. The second kappa shape index (κ2) is 69.3. The van der Waals surface area contributed by atoms with E-state index in [1.54, 1.807) is 0 Å². The number of aliphatic carboxylic acids is 3. The van der Waals surface area contributed by atoms with Crippen molar-refractivity contribution in [3.05, 3.63) is 36.5 Å². The predicted molar refractivity (Wildman–Crippen MR) is 289 cm³/mol. The van der Waals surface area contributed by atoms with E-state index < -0.39 is 17.9 Å². The van der Waals surface area contributed by atoms with Gasteiger partial charge in [0.15, 0.2) is 0 Å². The molecule has 0 aliphatic rings. The fourth-order valence-corrected chi connectivity index (χ4v) is 8.10. The number of carbonyl (C=O) groups is 3. The molecule has 0 rings (SSSR count). The molecule has 7 heteroatoms. The topological polar surface area (TPSA) is 112 Å². The Bertz CT molecular complexity index is 911. The van der Waals surface area contributed by atoms with Gasteiger partial charge < -0.3 is 15.3 Å². The SMILES string of the molecule is CCCCCCCC/C=C\CCCCCCCCCC(=O)O.CCCCCCCC/C=C\CCCCCCCCCC(=O)O.CCCCCCCC/C=C\CCCCCCCCCC(=O)O.[Pr]. The molecule has 393 valence electrons. The summed E-state index contributed by atoms with van der Waals surface area (Å²) < 4.78 is 0. The summed E-state index contributed by atoms with van der Waals surface area (Å²) in [7, 11) is 0. The summed E-state index contributed by atoms with van der Waals surface area (Å²) >= 11 is 0. The van der Waals surface area contributed by atoms with Crippen LogP contribution < -0.4 is 0 Å². The third kappa shape index (κ3) is 82.3. The zero-order chi connectivity index (χ0) is 48.9. The summed E-state index contributed by atoms with van der Waals surface area (Å²) in [6, 6.07) is 0. The molecule has 0 saturated carbocycles. The van der Waals surface area contributed by atoms with Crippen molar-refractivity contribution in [1.29, 1.82) is 0 Å². The number of allylic oxidation sites excluding steroid dienone is 6. The van der Waals surface area contributed by atoms with Crippen molar-refractivity contribution in [3.8, 4) is 0 Å². The molecule has 0 amide bonds. The molecule has 0 aliphatic carbocycles. The van der Waals surface area contributed by atoms with E-state index >= 15 is 0 Å². The van der Waals surface area contributed by atoms with Gasteiger partial charge >= 0.3 is 17.9 Å². The van der Waals surface area contributed by atoms with Gasteiger partial charge in [-0.15, -0.1) is 0 Å². The molecule has 0 atom stereocenters. The Labute approximate surface area is 451 Å². The van der Waals surface area contributed by atoms with E-state index in [1.165, 1.54) is 250 Å². The minimum absolute atomic E-state index is 0. The van der Waals surface area contributed by atoms with Crippen molar-refractivity contribution >= 4 is 17.9 Å². The summed E-state index contributed by atoms with van der Waals surface area (Å²) in [5.74, 6) is -1.98. The zero-order valence-corrected chi connectivity index (χ0v) is 48.8. The zero-order valence-electron chi connectivity index (χ0n) is 45.0. The largest absolute Gasteiger partial charge is 0.481 e. The minimum atomic E-state index is -0.659. The molecular formula is C60H114O6Pr. The molecule has 0 saturated heterocycles. The van der Waals surface area contributed by atoms with Crippen molar-refractivity contribution in [2.24, 2.45) is 0 Å². The molecule has 0 bridgehead atoms. The van der Waals surface area contributed by atoms with Crippen LogP contribution in [0.1, 0.15) is 329 Å². The van der Waals surface area contributed by atoms with E-state index in [0.717, 1.165) is 38.5 Å². The molecule has 67 heavy (non-hydrogen) atoms. The van der Waals surface area contributed by atoms with E-state index in [0.29, 0.717) is 19.3 Å². The van der Waals surface area contributed by atoms with Crippen LogP contribution in [0.15, 0.2) is 36.5 Å². The van der Waals surface area contributed by atoms with E-state index in [1.807, 2.05) is 0 Å². The molecule has 0 aromatic heterocycles. The van der Waals surface area contributed by atoms with Gasteiger partial charge in [0.05, 0.1) is 0 Å². The fraction of sp³-hybridized carbons (Fsp3) is 0.850. The first-order valence-corrected chi connectivity index (χ1v) is 28.9. The van der Waals surface area contributed by atoms with Gasteiger partial charge in [-0.1, -0.05) is 250 Å². The standard InChI is InChI=1S/3C20H38O2.Pr/c3*1-2-3-4-5-6-7-8-9-10-11-12-13-14-15-16-17-18-19-20(21)22;/h3*9-10H,2-8,11-19H2,1H3,(H,21,22);/b3*10-9-;. The molecule has 0 spiro atoms. The smallest absolute Gasteiger partial charge is 0.303 e. The maximum absolute atomic E-state index is 10.4. The van der Waals surface area contributed by atoms with Gasteiger partial charge in [0.1, 0.15) is 0 Å². The Balaban J connectivity index is -0.000000441. The van der Waals surface area contributed by atoms with Crippen LogP contribution in [0, 0.1) is 41.3 Å². The summed E-state index contributed by atoms with van der Waals surface area (Å²) in [5, 5.41) is 25.6. The summed E-state index contributed by atoms with van der Waals surface area (Å²) in [6.45, 7) is 6.80. The van der Waals surface area contributed by atoms with Gasteiger partial charge in [-0.3, -0.25) is 14.4 Å². The van der Waals surface area contributed by atoms with Crippen LogP contribution in [0.4, 0.5) is 0 Å². The second-order valence-corrected chi connectivity index (χ2v) is 19.3. The van der Waals surface area contributed by atoms with Gasteiger partial charge in [0, 0.05) is 60.6 Å². The van der Waals surface area contributed by atoms with Crippen LogP contribution >= 0.6 is 0 Å². The van der Waals surface area contributed by atoms with Crippen LogP contribution in [-0.2, 0) is 14.4 Å². The van der Waals surface area contributed by atoms with Gasteiger partial charge in [-0.2, -0.15) is 0 Å². The van der Waals surface area contributed by atoms with Crippen molar-refractivity contribution in [3.63, 3.8) is 0 Å². The molecule has 0 aromatic rings. The molecule has 6 nitrogen and oxygen atoms in total. The van der Waals surface area contributed by atoms with E-state index in [9.17, 15) is 14.4 Å². The maximum Gasteiger partial charge on any atom is 0.303 e. The first-order valence-electron chi connectivity index (χ1n) is 28.9. The molecule has 1 radical (unpaired) electrons. The Morgan fingerprint density at radius 3 is 0.522 bits per heavy atom. The Kier molecular flexibility index (Phi) is 75.0. The van der Waals surface area contributed by atoms with Crippen molar-refractivity contribution in [1.82, 2.24) is 0 Å². The Morgan fingerprint density at radius 1 is 0.239 bits per heavy atom. The van der Waals surface area contributed by atoms with E-state index in [2.05, 4.69) is 57.2 Å².